The van der Waals surface area contributed by atoms with E-state index < -0.39 is 0 Å². The van der Waals surface area contributed by atoms with Crippen LogP contribution in [0.25, 0.3) is 99.1 Å². The molecule has 0 spiro atoms. The molecule has 0 fully saturated rings. The summed E-state index contributed by atoms with van der Waals surface area (Å²) in [5.41, 5.74) is 14.7. The van der Waals surface area contributed by atoms with Crippen LogP contribution < -0.4 is 4.90 Å². The summed E-state index contributed by atoms with van der Waals surface area (Å²) in [6.45, 7) is 0. The maximum Gasteiger partial charge on any atom is 0.135 e. The van der Waals surface area contributed by atoms with Gasteiger partial charge in [-0.1, -0.05) is 194 Å². The van der Waals surface area contributed by atoms with Crippen molar-refractivity contribution in [3.8, 4) is 55.8 Å². The van der Waals surface area contributed by atoms with Crippen LogP contribution in [0.3, 0.4) is 0 Å². The normalized spacial score (nSPS) is 11.4. The van der Waals surface area contributed by atoms with Gasteiger partial charge in [-0.3, -0.25) is 0 Å². The number of para-hydroxylation sites is 1. The molecule has 64 heavy (non-hydrogen) atoms. The van der Waals surface area contributed by atoms with Crippen LogP contribution in [-0.2, 0) is 0 Å². The lowest BCUT2D eigenvalue weighted by atomic mass is 9.93. The first-order valence-electron chi connectivity index (χ1n) is 21.9. The number of benzene rings is 11. The van der Waals surface area contributed by atoms with Crippen molar-refractivity contribution in [1.82, 2.24) is 0 Å². The van der Waals surface area contributed by atoms with Gasteiger partial charge in [0.2, 0.25) is 0 Å². The molecule has 0 unspecified atom stereocenters. The van der Waals surface area contributed by atoms with Gasteiger partial charge in [0.05, 0.1) is 5.69 Å². The fraction of sp³-hybridized carbons (Fsp3) is 0. The van der Waals surface area contributed by atoms with E-state index in [1.165, 1.54) is 71.3 Å². The van der Waals surface area contributed by atoms with E-state index in [0.29, 0.717) is 0 Å². The Balaban J connectivity index is 0.968. The van der Waals surface area contributed by atoms with Crippen LogP contribution >= 0.6 is 0 Å². The Labute approximate surface area is 372 Å². The zero-order valence-corrected chi connectivity index (χ0v) is 35.0. The van der Waals surface area contributed by atoms with Gasteiger partial charge in [0.25, 0.3) is 0 Å². The predicted octanol–water partition coefficient (Wildman–Crippen LogP) is 17.7. The number of rotatable bonds is 8. The molecule has 0 saturated carbocycles. The first kappa shape index (κ1) is 37.3. The van der Waals surface area contributed by atoms with Gasteiger partial charge in [0.1, 0.15) is 11.3 Å². The number of fused-ring (bicyclic) bond motifs is 5. The Hall–Kier alpha value is -8.46. The molecule has 1 aromatic heterocycles. The minimum Gasteiger partial charge on any atom is -0.456 e. The number of hydrogen-bond acceptors (Lipinski definition) is 2. The van der Waals surface area contributed by atoms with Gasteiger partial charge in [0.15, 0.2) is 0 Å². The molecule has 0 bridgehead atoms. The minimum atomic E-state index is 0.867. The smallest absolute Gasteiger partial charge is 0.135 e. The maximum atomic E-state index is 6.31. The zero-order valence-electron chi connectivity index (χ0n) is 35.0. The highest BCUT2D eigenvalue weighted by Gasteiger charge is 2.19. The third-order valence-electron chi connectivity index (χ3n) is 12.7. The van der Waals surface area contributed by atoms with E-state index >= 15 is 0 Å². The molecule has 0 aliphatic heterocycles. The average Bonchev–Trinajstić information content (AvgIpc) is 3.82. The fourth-order valence-electron chi connectivity index (χ4n) is 9.49. The Morgan fingerprint density at radius 1 is 0.266 bits per heavy atom. The van der Waals surface area contributed by atoms with Crippen molar-refractivity contribution >= 4 is 60.3 Å². The molecule has 0 N–H and O–H groups in total. The highest BCUT2D eigenvalue weighted by atomic mass is 16.3. The molecule has 0 saturated heterocycles. The quantitative estimate of drug-likeness (QED) is 0.142. The van der Waals surface area contributed by atoms with Crippen molar-refractivity contribution in [2.45, 2.75) is 0 Å². The lowest BCUT2D eigenvalue weighted by molar-refractivity contribution is 0.631. The SMILES string of the molecule is c1ccc(-c2ccc(-c3ccc(N(c4ccc(-c5cc6ccccc6c6ccccc56)cc4)c4ccc(-c5cccc(-c6cc7ccccc7o6)c5)c5ccccc45)cc3)cc2)cc1. The predicted molar refractivity (Wildman–Crippen MR) is 271 cm³/mol. The largest absolute Gasteiger partial charge is 0.456 e. The van der Waals surface area contributed by atoms with Crippen molar-refractivity contribution in [3.05, 3.63) is 249 Å². The molecule has 12 aromatic rings. The van der Waals surface area contributed by atoms with Crippen LogP contribution in [0.2, 0.25) is 0 Å². The van der Waals surface area contributed by atoms with E-state index in [9.17, 15) is 0 Å². The van der Waals surface area contributed by atoms with Gasteiger partial charge in [-0.2, -0.15) is 0 Å². The summed E-state index contributed by atoms with van der Waals surface area (Å²) in [7, 11) is 0. The highest BCUT2D eigenvalue weighted by Crippen LogP contribution is 2.44. The Morgan fingerprint density at radius 2 is 0.766 bits per heavy atom. The number of anilines is 3. The molecule has 1 heterocycles. The maximum absolute atomic E-state index is 6.31. The Bertz CT molecular complexity index is 3610. The summed E-state index contributed by atoms with van der Waals surface area (Å²) < 4.78 is 6.31. The van der Waals surface area contributed by atoms with Crippen molar-refractivity contribution in [3.63, 3.8) is 0 Å². The van der Waals surface area contributed by atoms with Gasteiger partial charge >= 0.3 is 0 Å². The minimum absolute atomic E-state index is 0.867. The van der Waals surface area contributed by atoms with E-state index in [-0.39, 0.29) is 0 Å². The molecular weight excluding hydrogens is 775 g/mol. The molecule has 0 atom stereocenters. The van der Waals surface area contributed by atoms with Gasteiger partial charge in [0, 0.05) is 27.7 Å². The number of nitrogens with zero attached hydrogens (tertiary/aromatic N) is 1. The van der Waals surface area contributed by atoms with E-state index in [4.69, 9.17) is 4.42 Å². The monoisotopic (exact) mass is 815 g/mol. The van der Waals surface area contributed by atoms with Crippen molar-refractivity contribution in [1.29, 1.82) is 0 Å². The third kappa shape index (κ3) is 6.70. The number of furan rings is 1. The molecule has 2 heteroatoms. The molecule has 300 valence electrons. The van der Waals surface area contributed by atoms with Crippen LogP contribution in [0, 0.1) is 0 Å². The second kappa shape index (κ2) is 15.8. The van der Waals surface area contributed by atoms with Crippen LogP contribution in [-0.4, -0.2) is 0 Å². The van der Waals surface area contributed by atoms with Crippen molar-refractivity contribution in [2.75, 3.05) is 4.90 Å². The number of hydrogen-bond donors (Lipinski definition) is 0. The molecule has 0 aliphatic carbocycles. The molecule has 0 amide bonds. The summed E-state index contributed by atoms with van der Waals surface area (Å²) >= 11 is 0. The van der Waals surface area contributed by atoms with E-state index in [2.05, 4.69) is 241 Å². The average molecular weight is 816 g/mol. The standard InChI is InChI=1S/C62H41NO/c1-2-13-42(14-3-1)43-25-27-44(28-26-43)45-29-33-51(34-30-45)63(52-35-31-46(32-36-52)59-40-48-15-4-6-19-53(48)55-20-7-8-22-57(55)59)60-38-37-54(56-21-9-10-23-58(56)60)47-17-12-18-49(39-47)62-41-50-16-5-11-24-61(50)64-62/h1-41H. The van der Waals surface area contributed by atoms with Crippen LogP contribution in [0.15, 0.2) is 253 Å². The second-order valence-corrected chi connectivity index (χ2v) is 16.5. The van der Waals surface area contributed by atoms with Crippen LogP contribution in [0.5, 0.6) is 0 Å². The summed E-state index contributed by atoms with van der Waals surface area (Å²) in [6.07, 6.45) is 0. The van der Waals surface area contributed by atoms with Crippen LogP contribution in [0.4, 0.5) is 17.1 Å². The van der Waals surface area contributed by atoms with Crippen molar-refractivity contribution < 1.29 is 4.42 Å². The van der Waals surface area contributed by atoms with E-state index in [1.807, 2.05) is 12.1 Å². The summed E-state index contributed by atoms with van der Waals surface area (Å²) in [6, 6.07) is 89.7. The van der Waals surface area contributed by atoms with Gasteiger partial charge in [-0.25, -0.2) is 0 Å². The van der Waals surface area contributed by atoms with E-state index in [0.717, 1.165) is 44.9 Å². The zero-order chi connectivity index (χ0) is 42.4. The van der Waals surface area contributed by atoms with E-state index in [1.54, 1.807) is 0 Å². The lowest BCUT2D eigenvalue weighted by Crippen LogP contribution is -2.10. The van der Waals surface area contributed by atoms with Gasteiger partial charge in [-0.15, -0.1) is 0 Å². The van der Waals surface area contributed by atoms with Crippen molar-refractivity contribution in [2.24, 2.45) is 0 Å². The first-order chi connectivity index (χ1) is 31.7. The Morgan fingerprint density at radius 3 is 1.45 bits per heavy atom. The summed E-state index contributed by atoms with van der Waals surface area (Å²) in [5, 5.41) is 8.49. The lowest BCUT2D eigenvalue weighted by Gasteiger charge is -2.28. The topological polar surface area (TPSA) is 16.4 Å². The molecule has 12 rings (SSSR count). The fourth-order valence-corrected chi connectivity index (χ4v) is 9.49. The Kier molecular flexibility index (Phi) is 9.20. The summed E-state index contributed by atoms with van der Waals surface area (Å²) in [4.78, 5) is 2.40. The first-order valence-corrected chi connectivity index (χ1v) is 21.9. The van der Waals surface area contributed by atoms with Gasteiger partial charge in [-0.05, 0) is 126 Å². The molecule has 11 aromatic carbocycles. The molecular formula is C62H41NO. The molecule has 2 nitrogen and oxygen atoms in total. The van der Waals surface area contributed by atoms with Gasteiger partial charge < -0.3 is 9.32 Å². The third-order valence-corrected chi connectivity index (χ3v) is 12.7. The molecule has 0 aliphatic rings. The summed E-state index contributed by atoms with van der Waals surface area (Å²) in [5.74, 6) is 0.867. The highest BCUT2D eigenvalue weighted by molar-refractivity contribution is 6.14. The van der Waals surface area contributed by atoms with Crippen LogP contribution in [0.1, 0.15) is 0 Å². The second-order valence-electron chi connectivity index (χ2n) is 16.5. The molecule has 0 radical (unpaired) electrons.